The third-order valence-electron chi connectivity index (χ3n) is 8.91. The lowest BCUT2D eigenvalue weighted by Crippen LogP contribution is -2.41. The van der Waals surface area contributed by atoms with Crippen molar-refractivity contribution in [1.29, 1.82) is 0 Å². The molecule has 1 unspecified atom stereocenters. The number of methoxy groups -OCH3 is 1. The zero-order valence-electron chi connectivity index (χ0n) is 26.1. The molecule has 0 spiro atoms. The van der Waals surface area contributed by atoms with Gasteiger partial charge in [-0.1, -0.05) is 17.7 Å². The molecular formula is C32H33ClF2N8O4. The number of aromatic nitrogens is 4. The van der Waals surface area contributed by atoms with E-state index in [1.165, 1.54) is 54.3 Å². The molecule has 2 aromatic carbocycles. The molecule has 47 heavy (non-hydrogen) atoms. The first kappa shape index (κ1) is 32.1. The lowest BCUT2D eigenvalue weighted by atomic mass is 10.0. The average molecular weight is 667 g/mol. The summed E-state index contributed by atoms with van der Waals surface area (Å²) in [5.74, 6) is -2.72. The maximum Gasteiger partial charge on any atom is 0.317 e. The minimum Gasteiger partial charge on any atom is -0.383 e. The molecule has 1 saturated carbocycles. The number of ether oxygens (including phenoxy) is 1. The van der Waals surface area contributed by atoms with Crippen molar-refractivity contribution in [3.63, 3.8) is 0 Å². The number of nitrogens with zero attached hydrogens (tertiary/aromatic N) is 5. The van der Waals surface area contributed by atoms with Gasteiger partial charge in [0.25, 0.3) is 11.8 Å². The van der Waals surface area contributed by atoms with Crippen LogP contribution in [0, 0.1) is 30.4 Å². The lowest BCUT2D eigenvalue weighted by molar-refractivity contribution is 0.0944. The van der Waals surface area contributed by atoms with Gasteiger partial charge in [-0.2, -0.15) is 5.10 Å². The van der Waals surface area contributed by atoms with E-state index in [1.54, 1.807) is 30.7 Å². The SMILES string of the molecule is CNC(=O)N1C[C@@H]2C(NC(=O)c3ccc(NC(=O)c4ncc(-c5ccc(-c6cnn(CCOC)c6C)c(F)c5F)n4C)cc3Cl)[C@@H]2C1. The molecule has 0 radical (unpaired) electrons. The van der Waals surface area contributed by atoms with Crippen LogP contribution >= 0.6 is 11.6 Å². The number of halogens is 3. The van der Waals surface area contributed by atoms with E-state index < -0.39 is 17.5 Å². The quantitative estimate of drug-likeness (QED) is 0.246. The molecule has 0 bridgehead atoms. The second-order valence-corrected chi connectivity index (χ2v) is 12.0. The number of hydrogen-bond acceptors (Lipinski definition) is 6. The Morgan fingerprint density at radius 1 is 1.02 bits per heavy atom. The normalized spacial score (nSPS) is 18.2. The Kier molecular flexibility index (Phi) is 8.72. The second-order valence-electron chi connectivity index (χ2n) is 11.6. The topological polar surface area (TPSA) is 135 Å². The van der Waals surface area contributed by atoms with E-state index in [1.807, 2.05) is 0 Å². The van der Waals surface area contributed by atoms with Crippen LogP contribution in [0.4, 0.5) is 19.3 Å². The molecule has 2 aliphatic rings. The molecule has 2 fully saturated rings. The van der Waals surface area contributed by atoms with Gasteiger partial charge in [0.15, 0.2) is 17.5 Å². The first-order chi connectivity index (χ1) is 22.5. The fourth-order valence-corrected chi connectivity index (χ4v) is 6.46. The van der Waals surface area contributed by atoms with Crippen molar-refractivity contribution in [3.05, 3.63) is 76.5 Å². The predicted octanol–water partition coefficient (Wildman–Crippen LogP) is 4.09. The van der Waals surface area contributed by atoms with Crippen LogP contribution in [0.1, 0.15) is 26.7 Å². The van der Waals surface area contributed by atoms with Gasteiger partial charge >= 0.3 is 6.03 Å². The number of rotatable bonds is 9. The summed E-state index contributed by atoms with van der Waals surface area (Å²) >= 11 is 6.42. The smallest absolute Gasteiger partial charge is 0.317 e. The van der Waals surface area contributed by atoms with E-state index in [4.69, 9.17) is 16.3 Å². The first-order valence-electron chi connectivity index (χ1n) is 14.9. The van der Waals surface area contributed by atoms with Gasteiger partial charge in [0.1, 0.15) is 0 Å². The molecule has 12 nitrogen and oxygen atoms in total. The third-order valence-corrected chi connectivity index (χ3v) is 9.23. The fourth-order valence-electron chi connectivity index (χ4n) is 6.20. The summed E-state index contributed by atoms with van der Waals surface area (Å²) < 4.78 is 38.9. The summed E-state index contributed by atoms with van der Waals surface area (Å²) in [7, 11) is 4.68. The number of anilines is 1. The summed E-state index contributed by atoms with van der Waals surface area (Å²) in [6.45, 7) is 3.83. The number of likely N-dealkylation sites (tertiary alicyclic amines) is 1. The van der Waals surface area contributed by atoms with Crippen LogP contribution in [0.5, 0.6) is 0 Å². The van der Waals surface area contributed by atoms with Crippen molar-refractivity contribution in [1.82, 2.24) is 34.9 Å². The number of piperidine rings is 1. The number of urea groups is 1. The second kappa shape index (κ2) is 12.8. The van der Waals surface area contributed by atoms with Gasteiger partial charge in [0.2, 0.25) is 0 Å². The fraction of sp³-hybridized carbons (Fsp3) is 0.344. The van der Waals surface area contributed by atoms with Gasteiger partial charge in [0, 0.05) is 80.2 Å². The van der Waals surface area contributed by atoms with Crippen molar-refractivity contribution in [2.45, 2.75) is 19.5 Å². The van der Waals surface area contributed by atoms with Crippen LogP contribution in [-0.2, 0) is 18.3 Å². The van der Waals surface area contributed by atoms with E-state index in [9.17, 15) is 14.4 Å². The molecule has 246 valence electrons. The van der Waals surface area contributed by atoms with Crippen molar-refractivity contribution in [2.24, 2.45) is 18.9 Å². The average Bonchev–Trinajstić information content (AvgIpc) is 3.41. The van der Waals surface area contributed by atoms with Gasteiger partial charge in [-0.3, -0.25) is 14.3 Å². The van der Waals surface area contributed by atoms with E-state index in [0.29, 0.717) is 43.2 Å². The highest BCUT2D eigenvalue weighted by Gasteiger charge is 2.57. The molecule has 1 saturated heterocycles. The highest BCUT2D eigenvalue weighted by Crippen LogP contribution is 2.45. The van der Waals surface area contributed by atoms with E-state index in [0.717, 1.165) is 0 Å². The lowest BCUT2D eigenvalue weighted by Gasteiger charge is -2.19. The standard InChI is InChI=1S/C32H33ClF2N8O4/c1-16-21(12-38-43(16)9-10-47-4)18-7-8-20(27(35)26(18)34)25-13-37-29(41(25)3)31(45)39-17-5-6-19(24(33)11-17)30(44)40-28-22-14-42(15-23(22)28)32(46)36-2/h5-8,11-13,22-23,28H,9-10,14-15H2,1-4H3,(H,36,46)(H,39,45)(H,40,44)/t22-,23+,28?. The van der Waals surface area contributed by atoms with Crippen LogP contribution in [0.3, 0.4) is 0 Å². The predicted molar refractivity (Wildman–Crippen MR) is 170 cm³/mol. The van der Waals surface area contributed by atoms with Crippen LogP contribution in [-0.4, -0.2) is 82.0 Å². The Balaban J connectivity index is 1.12. The van der Waals surface area contributed by atoms with Crippen molar-refractivity contribution in [2.75, 3.05) is 39.2 Å². The van der Waals surface area contributed by atoms with Crippen LogP contribution < -0.4 is 16.0 Å². The molecule has 15 heteroatoms. The number of imidazole rings is 1. The number of benzene rings is 2. The van der Waals surface area contributed by atoms with Gasteiger partial charge in [0.05, 0.1) is 41.8 Å². The Hall–Kier alpha value is -4.82. The summed E-state index contributed by atoms with van der Waals surface area (Å²) in [6.07, 6.45) is 2.78. The van der Waals surface area contributed by atoms with Crippen LogP contribution in [0.15, 0.2) is 42.7 Å². The molecule has 6 rings (SSSR count). The number of hydrogen-bond donors (Lipinski definition) is 3. The number of fused-ring (bicyclic) bond motifs is 1. The molecule has 1 aliphatic carbocycles. The van der Waals surface area contributed by atoms with E-state index >= 15 is 8.78 Å². The van der Waals surface area contributed by atoms with Gasteiger partial charge in [-0.05, 0) is 31.2 Å². The molecule has 3 atom stereocenters. The van der Waals surface area contributed by atoms with Gasteiger partial charge in [-0.15, -0.1) is 0 Å². The zero-order valence-corrected chi connectivity index (χ0v) is 26.9. The molecule has 4 amide bonds. The molecule has 3 heterocycles. The summed E-state index contributed by atoms with van der Waals surface area (Å²) in [5.41, 5.74) is 1.88. The molecule has 4 aromatic rings. The highest BCUT2D eigenvalue weighted by molar-refractivity contribution is 6.34. The van der Waals surface area contributed by atoms with E-state index in [2.05, 4.69) is 26.0 Å². The first-order valence-corrected chi connectivity index (χ1v) is 15.3. The van der Waals surface area contributed by atoms with Crippen molar-refractivity contribution >= 4 is 35.1 Å². The maximum atomic E-state index is 15.4. The van der Waals surface area contributed by atoms with Gasteiger partial charge in [-0.25, -0.2) is 18.6 Å². The molecule has 2 aromatic heterocycles. The Bertz CT molecular complexity index is 1880. The Morgan fingerprint density at radius 2 is 1.72 bits per heavy atom. The Labute approximate surface area is 274 Å². The molecular weight excluding hydrogens is 634 g/mol. The number of carbonyl (C=O) groups excluding carboxylic acids is 3. The van der Waals surface area contributed by atoms with E-state index in [-0.39, 0.29) is 63.0 Å². The van der Waals surface area contributed by atoms with Crippen LogP contribution in [0.25, 0.3) is 22.4 Å². The minimum atomic E-state index is -1.08. The van der Waals surface area contributed by atoms with Crippen molar-refractivity contribution in [3.8, 4) is 22.4 Å². The number of amides is 4. The van der Waals surface area contributed by atoms with Gasteiger partial charge < -0.3 is 30.2 Å². The summed E-state index contributed by atoms with van der Waals surface area (Å²) in [4.78, 5) is 43.7. The maximum absolute atomic E-state index is 15.4. The number of nitrogens with one attached hydrogen (secondary N) is 3. The third kappa shape index (κ3) is 5.94. The number of carbonyl (C=O) groups is 3. The minimum absolute atomic E-state index is 0.0276. The van der Waals surface area contributed by atoms with Crippen LogP contribution in [0.2, 0.25) is 5.02 Å². The summed E-state index contributed by atoms with van der Waals surface area (Å²) in [6, 6.07) is 7.25. The van der Waals surface area contributed by atoms with Crippen molar-refractivity contribution < 1.29 is 27.9 Å². The molecule has 3 N–H and O–H groups in total. The Morgan fingerprint density at radius 3 is 2.40 bits per heavy atom. The zero-order chi connectivity index (χ0) is 33.6. The largest absolute Gasteiger partial charge is 0.383 e. The highest BCUT2D eigenvalue weighted by atomic mass is 35.5. The molecule has 1 aliphatic heterocycles. The summed E-state index contributed by atoms with van der Waals surface area (Å²) in [5, 5.41) is 12.7. The monoisotopic (exact) mass is 666 g/mol.